The van der Waals surface area contributed by atoms with Crippen molar-refractivity contribution in [1.29, 1.82) is 0 Å². The zero-order valence-electron chi connectivity index (χ0n) is 14.5. The molecule has 1 atom stereocenters. The predicted molar refractivity (Wildman–Crippen MR) is 89.3 cm³/mol. The van der Waals surface area contributed by atoms with Crippen molar-refractivity contribution in [2.45, 2.75) is 46.5 Å². The van der Waals surface area contributed by atoms with Crippen LogP contribution in [0.15, 0.2) is 0 Å². The molecule has 0 saturated carbocycles. The average molecular weight is 284 g/mol. The Hall–Kier alpha value is -0.120. The standard InChI is InChI=1S/C17H37N3/c1-6-10-17(3,14-18-7-2)15-20-11-8-16(9-12-20)13-19(4)5/h16,18H,6-15H2,1-5H3. The minimum absolute atomic E-state index is 0.444. The van der Waals surface area contributed by atoms with Gasteiger partial charge in [0.05, 0.1) is 0 Å². The van der Waals surface area contributed by atoms with Crippen molar-refractivity contribution in [2.75, 3.05) is 53.4 Å². The molecule has 1 saturated heterocycles. The van der Waals surface area contributed by atoms with E-state index < -0.39 is 0 Å². The van der Waals surface area contributed by atoms with Crippen LogP contribution >= 0.6 is 0 Å². The van der Waals surface area contributed by atoms with Crippen LogP contribution in [0, 0.1) is 11.3 Å². The summed E-state index contributed by atoms with van der Waals surface area (Å²) >= 11 is 0. The maximum atomic E-state index is 3.56. The number of hydrogen-bond donors (Lipinski definition) is 1. The quantitative estimate of drug-likeness (QED) is 0.702. The molecule has 0 radical (unpaired) electrons. The van der Waals surface area contributed by atoms with Gasteiger partial charge >= 0.3 is 0 Å². The molecule has 1 N–H and O–H groups in total. The summed E-state index contributed by atoms with van der Waals surface area (Å²) < 4.78 is 0. The average Bonchev–Trinajstić information content (AvgIpc) is 2.38. The summed E-state index contributed by atoms with van der Waals surface area (Å²) in [6, 6.07) is 0. The van der Waals surface area contributed by atoms with Crippen LogP contribution in [0.4, 0.5) is 0 Å². The third-order valence-corrected chi connectivity index (χ3v) is 4.59. The molecule has 3 nitrogen and oxygen atoms in total. The van der Waals surface area contributed by atoms with Crippen molar-refractivity contribution < 1.29 is 0 Å². The van der Waals surface area contributed by atoms with Crippen molar-refractivity contribution in [3.05, 3.63) is 0 Å². The van der Waals surface area contributed by atoms with Crippen molar-refractivity contribution in [1.82, 2.24) is 15.1 Å². The molecule has 0 spiro atoms. The van der Waals surface area contributed by atoms with Crippen LogP contribution in [-0.4, -0.2) is 63.2 Å². The minimum Gasteiger partial charge on any atom is -0.316 e. The molecular formula is C17H37N3. The summed E-state index contributed by atoms with van der Waals surface area (Å²) in [6.07, 6.45) is 5.37. The maximum absolute atomic E-state index is 3.56. The predicted octanol–water partition coefficient (Wildman–Crippen LogP) is 2.68. The van der Waals surface area contributed by atoms with Crippen molar-refractivity contribution in [2.24, 2.45) is 11.3 Å². The van der Waals surface area contributed by atoms with E-state index in [1.807, 2.05) is 0 Å². The second-order valence-corrected chi connectivity index (χ2v) is 7.32. The fourth-order valence-corrected chi connectivity index (χ4v) is 3.64. The van der Waals surface area contributed by atoms with Crippen molar-refractivity contribution in [3.63, 3.8) is 0 Å². The Morgan fingerprint density at radius 1 is 1.20 bits per heavy atom. The summed E-state index contributed by atoms with van der Waals surface area (Å²) in [5, 5.41) is 3.56. The molecule has 0 aliphatic carbocycles. The molecule has 1 heterocycles. The van der Waals surface area contributed by atoms with Crippen LogP contribution in [0.5, 0.6) is 0 Å². The van der Waals surface area contributed by atoms with E-state index in [-0.39, 0.29) is 0 Å². The molecule has 0 amide bonds. The first-order valence-corrected chi connectivity index (χ1v) is 8.57. The molecule has 0 aromatic carbocycles. The Morgan fingerprint density at radius 2 is 1.85 bits per heavy atom. The Balaban J connectivity index is 2.39. The van der Waals surface area contributed by atoms with Crippen LogP contribution in [0.3, 0.4) is 0 Å². The molecule has 0 aromatic rings. The number of nitrogens with zero attached hydrogens (tertiary/aromatic N) is 2. The SMILES string of the molecule is CCCC(C)(CNCC)CN1CCC(CN(C)C)CC1. The number of piperidine rings is 1. The first-order chi connectivity index (χ1) is 9.49. The summed E-state index contributed by atoms with van der Waals surface area (Å²) in [7, 11) is 4.39. The monoisotopic (exact) mass is 283 g/mol. The van der Waals surface area contributed by atoms with E-state index in [0.29, 0.717) is 5.41 Å². The van der Waals surface area contributed by atoms with Crippen LogP contribution in [0.2, 0.25) is 0 Å². The normalized spacial score (nSPS) is 21.3. The van der Waals surface area contributed by atoms with Gasteiger partial charge in [0.25, 0.3) is 0 Å². The van der Waals surface area contributed by atoms with Gasteiger partial charge in [-0.1, -0.05) is 27.2 Å². The van der Waals surface area contributed by atoms with Crippen molar-refractivity contribution in [3.8, 4) is 0 Å². The fourth-order valence-electron chi connectivity index (χ4n) is 3.64. The highest BCUT2D eigenvalue weighted by Gasteiger charge is 2.28. The van der Waals surface area contributed by atoms with Crippen LogP contribution < -0.4 is 5.32 Å². The number of nitrogens with one attached hydrogen (secondary N) is 1. The third kappa shape index (κ3) is 6.55. The lowest BCUT2D eigenvalue weighted by Crippen LogP contribution is -2.46. The van der Waals surface area contributed by atoms with E-state index >= 15 is 0 Å². The summed E-state index contributed by atoms with van der Waals surface area (Å²) in [6.45, 7) is 14.4. The molecule has 3 heteroatoms. The van der Waals surface area contributed by atoms with E-state index in [9.17, 15) is 0 Å². The molecule has 20 heavy (non-hydrogen) atoms. The molecular weight excluding hydrogens is 246 g/mol. The van der Waals surface area contributed by atoms with Crippen LogP contribution in [0.1, 0.15) is 46.5 Å². The number of rotatable bonds is 9. The van der Waals surface area contributed by atoms with Gasteiger partial charge in [-0.3, -0.25) is 0 Å². The fraction of sp³-hybridized carbons (Fsp3) is 1.00. The first-order valence-electron chi connectivity index (χ1n) is 8.57. The first kappa shape index (κ1) is 17.9. The zero-order valence-corrected chi connectivity index (χ0v) is 14.5. The maximum Gasteiger partial charge on any atom is 0.00475 e. The Morgan fingerprint density at radius 3 is 2.35 bits per heavy atom. The van der Waals surface area contributed by atoms with Gasteiger partial charge < -0.3 is 15.1 Å². The van der Waals surface area contributed by atoms with Gasteiger partial charge in [-0.15, -0.1) is 0 Å². The second-order valence-electron chi connectivity index (χ2n) is 7.32. The summed E-state index contributed by atoms with van der Waals surface area (Å²) in [4.78, 5) is 5.05. The molecule has 1 rings (SSSR count). The van der Waals surface area contributed by atoms with Gasteiger partial charge in [-0.05, 0) is 64.3 Å². The molecule has 1 fully saturated rings. The topological polar surface area (TPSA) is 18.5 Å². The van der Waals surface area contributed by atoms with Gasteiger partial charge in [0.1, 0.15) is 0 Å². The van der Waals surface area contributed by atoms with E-state index in [4.69, 9.17) is 0 Å². The highest BCUT2D eigenvalue weighted by Crippen LogP contribution is 2.27. The molecule has 1 unspecified atom stereocenters. The third-order valence-electron chi connectivity index (χ3n) is 4.59. The van der Waals surface area contributed by atoms with E-state index in [1.54, 1.807) is 0 Å². The lowest BCUT2D eigenvalue weighted by molar-refractivity contribution is 0.103. The van der Waals surface area contributed by atoms with Gasteiger partial charge in [0.2, 0.25) is 0 Å². The van der Waals surface area contributed by atoms with Gasteiger partial charge in [0, 0.05) is 19.6 Å². The van der Waals surface area contributed by atoms with Crippen molar-refractivity contribution >= 4 is 0 Å². The van der Waals surface area contributed by atoms with Crippen LogP contribution in [0.25, 0.3) is 0 Å². The summed E-state index contributed by atoms with van der Waals surface area (Å²) in [5.41, 5.74) is 0.444. The van der Waals surface area contributed by atoms with E-state index in [2.05, 4.69) is 50.0 Å². The largest absolute Gasteiger partial charge is 0.316 e. The highest BCUT2D eigenvalue weighted by molar-refractivity contribution is 4.83. The van der Waals surface area contributed by atoms with Gasteiger partial charge in [0.15, 0.2) is 0 Å². The highest BCUT2D eigenvalue weighted by atomic mass is 15.1. The lowest BCUT2D eigenvalue weighted by Gasteiger charge is -2.39. The second kappa shape index (κ2) is 9.01. The molecule has 0 bridgehead atoms. The number of likely N-dealkylation sites (tertiary alicyclic amines) is 1. The van der Waals surface area contributed by atoms with E-state index in [0.717, 1.165) is 19.0 Å². The zero-order chi connectivity index (χ0) is 15.0. The number of hydrogen-bond acceptors (Lipinski definition) is 3. The molecule has 0 aromatic heterocycles. The Bertz CT molecular complexity index is 247. The smallest absolute Gasteiger partial charge is 0.00475 e. The molecule has 1 aliphatic rings. The Kier molecular flexibility index (Phi) is 8.08. The molecule has 120 valence electrons. The summed E-state index contributed by atoms with van der Waals surface area (Å²) in [5.74, 6) is 0.910. The van der Waals surface area contributed by atoms with E-state index in [1.165, 1.54) is 51.9 Å². The lowest BCUT2D eigenvalue weighted by atomic mass is 9.83. The minimum atomic E-state index is 0.444. The van der Waals surface area contributed by atoms with Gasteiger partial charge in [-0.2, -0.15) is 0 Å². The van der Waals surface area contributed by atoms with Crippen LogP contribution in [-0.2, 0) is 0 Å². The molecule has 1 aliphatic heterocycles. The Labute approximate surface area is 127 Å². The van der Waals surface area contributed by atoms with Gasteiger partial charge in [-0.25, -0.2) is 0 Å².